The predicted octanol–water partition coefficient (Wildman–Crippen LogP) is 11.6. The zero-order valence-corrected chi connectivity index (χ0v) is 34.7. The molecule has 0 spiro atoms. The molecule has 12 rings (SSSR count). The van der Waals surface area contributed by atoms with Crippen molar-refractivity contribution in [2.24, 2.45) is 0 Å². The van der Waals surface area contributed by atoms with E-state index in [0.29, 0.717) is 0 Å². The lowest BCUT2D eigenvalue weighted by Gasteiger charge is -2.35. The molecule has 0 fully saturated rings. The largest absolute Gasteiger partial charge is 0.309 e. The molecule has 60 heavy (non-hydrogen) atoms. The number of aromatic nitrogens is 2. The van der Waals surface area contributed by atoms with Gasteiger partial charge in [-0.2, -0.15) is 0 Å². The quantitative estimate of drug-likeness (QED) is 0.117. The molecular weight excluding hydrogens is 741 g/mol. The third-order valence-corrected chi connectivity index (χ3v) is 18.2. The third-order valence-electron chi connectivity index (χ3n) is 13.4. The topological polar surface area (TPSA) is 9.86 Å². The number of para-hydroxylation sites is 3. The molecule has 0 saturated heterocycles. The fourth-order valence-corrected chi connectivity index (χ4v) is 15.6. The third kappa shape index (κ3) is 4.87. The summed E-state index contributed by atoms with van der Waals surface area (Å²) in [7, 11) is -2.97. The van der Waals surface area contributed by atoms with Gasteiger partial charge in [0, 0.05) is 38.3 Å². The number of hydrogen-bond acceptors (Lipinski definition) is 0. The van der Waals surface area contributed by atoms with Gasteiger partial charge in [0.05, 0.1) is 22.1 Å². The summed E-state index contributed by atoms with van der Waals surface area (Å²) in [5, 5.41) is 10.5. The summed E-state index contributed by atoms with van der Waals surface area (Å²) in [6.45, 7) is 4.75. The summed E-state index contributed by atoms with van der Waals surface area (Å²) in [6, 6.07) is 82.1. The number of fused-ring (bicyclic) bond motifs is 9. The molecule has 2 aromatic heterocycles. The minimum Gasteiger partial charge on any atom is -0.309 e. The maximum atomic E-state index is 2.52. The lowest BCUT2D eigenvalue weighted by Crippen LogP contribution is -2.74. The van der Waals surface area contributed by atoms with E-state index >= 15 is 0 Å². The highest BCUT2D eigenvalue weighted by atomic mass is 28.3. The average molecular weight is 783 g/mol. The standard InChI is InChI=1S/C57H42N2Si/c1-57(2)51-31-13-9-27-45(51)49-38-56-50(37-52(49)57)48-30-12-16-34-55(48)59(56)40-20-18-26-44(36-40)60(41-21-5-3-6-22-41,42-23-7-4-8-24-42)43-25-17-19-39(35-43)58-53-32-14-10-28-46(53)47-29-11-15-33-54(47)58/h3-38H,1-2H3. The smallest absolute Gasteiger partial charge is 0.179 e. The Balaban J connectivity index is 1.14. The van der Waals surface area contributed by atoms with Crippen LogP contribution in [-0.4, -0.2) is 17.2 Å². The van der Waals surface area contributed by atoms with Crippen molar-refractivity contribution in [3.8, 4) is 22.5 Å². The van der Waals surface area contributed by atoms with Crippen LogP contribution >= 0.6 is 0 Å². The molecule has 1 aliphatic carbocycles. The van der Waals surface area contributed by atoms with Crippen LogP contribution in [0.4, 0.5) is 0 Å². The number of rotatable bonds is 6. The molecule has 3 heteroatoms. The maximum absolute atomic E-state index is 2.97. The Morgan fingerprint density at radius 2 is 0.750 bits per heavy atom. The second kappa shape index (κ2) is 13.2. The summed E-state index contributed by atoms with van der Waals surface area (Å²) < 4.78 is 4.97. The van der Waals surface area contributed by atoms with Crippen LogP contribution in [0.25, 0.3) is 66.1 Å². The summed E-state index contributed by atoms with van der Waals surface area (Å²) in [6.07, 6.45) is 0. The van der Waals surface area contributed by atoms with Crippen LogP contribution in [0.5, 0.6) is 0 Å². The fourth-order valence-electron chi connectivity index (χ4n) is 10.8. The maximum Gasteiger partial charge on any atom is 0.179 e. The van der Waals surface area contributed by atoms with E-state index in [9.17, 15) is 0 Å². The fraction of sp³-hybridized carbons (Fsp3) is 0.0526. The summed E-state index contributed by atoms with van der Waals surface area (Å²) >= 11 is 0. The molecule has 0 radical (unpaired) electrons. The molecule has 2 heterocycles. The van der Waals surface area contributed by atoms with Crippen LogP contribution in [0, 0.1) is 0 Å². The van der Waals surface area contributed by atoms with Crippen LogP contribution in [0.1, 0.15) is 25.0 Å². The van der Waals surface area contributed by atoms with E-state index in [1.165, 1.54) is 98.0 Å². The van der Waals surface area contributed by atoms with E-state index in [2.05, 4.69) is 241 Å². The molecule has 2 nitrogen and oxygen atoms in total. The van der Waals surface area contributed by atoms with E-state index in [0.717, 1.165) is 0 Å². The number of hydrogen-bond donors (Lipinski definition) is 0. The molecule has 0 amide bonds. The first kappa shape index (κ1) is 34.8. The Kier molecular flexibility index (Phi) is 7.63. The van der Waals surface area contributed by atoms with E-state index in [1.807, 2.05) is 0 Å². The Labute approximate surface area is 351 Å². The van der Waals surface area contributed by atoms with Crippen molar-refractivity contribution in [2.45, 2.75) is 19.3 Å². The van der Waals surface area contributed by atoms with Crippen molar-refractivity contribution in [3.63, 3.8) is 0 Å². The highest BCUT2D eigenvalue weighted by Crippen LogP contribution is 2.51. The number of benzene rings is 9. The van der Waals surface area contributed by atoms with Crippen molar-refractivity contribution in [2.75, 3.05) is 0 Å². The van der Waals surface area contributed by atoms with Gasteiger partial charge in [0.15, 0.2) is 8.07 Å². The first-order valence-corrected chi connectivity index (χ1v) is 23.0. The van der Waals surface area contributed by atoms with Crippen molar-refractivity contribution in [1.82, 2.24) is 9.13 Å². The van der Waals surface area contributed by atoms with Gasteiger partial charge in [-0.25, -0.2) is 0 Å². The molecule has 0 N–H and O–H groups in total. The van der Waals surface area contributed by atoms with Gasteiger partial charge in [0.1, 0.15) is 0 Å². The monoisotopic (exact) mass is 782 g/mol. The molecule has 284 valence electrons. The molecule has 9 aromatic carbocycles. The molecule has 0 unspecified atom stereocenters. The zero-order valence-electron chi connectivity index (χ0n) is 33.7. The Morgan fingerprint density at radius 1 is 0.317 bits per heavy atom. The normalized spacial score (nSPS) is 13.3. The predicted molar refractivity (Wildman–Crippen MR) is 256 cm³/mol. The van der Waals surface area contributed by atoms with Gasteiger partial charge < -0.3 is 9.13 Å². The Hall–Kier alpha value is -7.20. The van der Waals surface area contributed by atoms with Crippen molar-refractivity contribution < 1.29 is 0 Å². The van der Waals surface area contributed by atoms with Crippen molar-refractivity contribution in [1.29, 1.82) is 0 Å². The molecule has 11 aromatic rings. The van der Waals surface area contributed by atoms with Gasteiger partial charge in [-0.1, -0.05) is 178 Å². The van der Waals surface area contributed by atoms with E-state index in [-0.39, 0.29) is 5.41 Å². The van der Waals surface area contributed by atoms with Crippen molar-refractivity contribution >= 4 is 72.4 Å². The van der Waals surface area contributed by atoms with Gasteiger partial charge in [-0.15, -0.1) is 0 Å². The van der Waals surface area contributed by atoms with E-state index in [4.69, 9.17) is 0 Å². The minimum absolute atomic E-state index is 0.0758. The Bertz CT molecular complexity index is 3370. The second-order valence-electron chi connectivity index (χ2n) is 16.9. The van der Waals surface area contributed by atoms with Crippen LogP contribution < -0.4 is 20.7 Å². The van der Waals surface area contributed by atoms with Crippen LogP contribution in [0.3, 0.4) is 0 Å². The lowest BCUT2D eigenvalue weighted by atomic mass is 9.82. The average Bonchev–Trinajstić information content (AvgIpc) is 3.90. The van der Waals surface area contributed by atoms with Crippen molar-refractivity contribution in [3.05, 3.63) is 230 Å². The van der Waals surface area contributed by atoms with Crippen LogP contribution in [0.15, 0.2) is 218 Å². The van der Waals surface area contributed by atoms with Gasteiger partial charge in [-0.3, -0.25) is 0 Å². The Morgan fingerprint density at radius 3 is 1.30 bits per heavy atom. The molecule has 0 aliphatic heterocycles. The summed E-state index contributed by atoms with van der Waals surface area (Å²) in [5.41, 5.74) is 12.6. The lowest BCUT2D eigenvalue weighted by molar-refractivity contribution is 0.661. The van der Waals surface area contributed by atoms with Gasteiger partial charge in [0.25, 0.3) is 0 Å². The first-order chi connectivity index (χ1) is 29.5. The van der Waals surface area contributed by atoms with Crippen LogP contribution in [-0.2, 0) is 5.41 Å². The zero-order chi connectivity index (χ0) is 40.0. The molecular formula is C57H42N2Si. The van der Waals surface area contributed by atoms with Crippen LogP contribution in [0.2, 0.25) is 0 Å². The summed E-state index contributed by atoms with van der Waals surface area (Å²) in [4.78, 5) is 0. The van der Waals surface area contributed by atoms with E-state index in [1.54, 1.807) is 0 Å². The molecule has 0 bridgehead atoms. The SMILES string of the molecule is CC1(C)c2ccccc2-c2cc3c(cc21)c1ccccc1n3-c1cccc([Si](c2ccccc2)(c2ccccc2)c2cccc(-n3c4ccccc4c4ccccc43)c2)c1. The second-order valence-corrected chi connectivity index (χ2v) is 20.7. The summed E-state index contributed by atoms with van der Waals surface area (Å²) in [5.74, 6) is 0. The molecule has 0 saturated carbocycles. The van der Waals surface area contributed by atoms with Gasteiger partial charge in [-0.05, 0) is 97.6 Å². The van der Waals surface area contributed by atoms with E-state index < -0.39 is 8.07 Å². The minimum atomic E-state index is -2.97. The van der Waals surface area contributed by atoms with Gasteiger partial charge >= 0.3 is 0 Å². The van der Waals surface area contributed by atoms with Gasteiger partial charge in [0.2, 0.25) is 0 Å². The highest BCUT2D eigenvalue weighted by molar-refractivity contribution is 7.20. The molecule has 0 atom stereocenters. The number of nitrogens with zero attached hydrogens (tertiary/aromatic N) is 2. The first-order valence-electron chi connectivity index (χ1n) is 21.0. The molecule has 1 aliphatic rings. The highest BCUT2D eigenvalue weighted by Gasteiger charge is 2.42.